The van der Waals surface area contributed by atoms with Crippen molar-refractivity contribution in [1.29, 1.82) is 0 Å². The van der Waals surface area contributed by atoms with Gasteiger partial charge in [0.1, 0.15) is 10.6 Å². The van der Waals surface area contributed by atoms with Gasteiger partial charge in [-0.05, 0) is 36.8 Å². The normalized spacial score (nSPS) is 11.1. The number of thiophene rings is 1. The lowest BCUT2D eigenvalue weighted by molar-refractivity contribution is 0.0660. The molecule has 2 N–H and O–H groups in total. The van der Waals surface area contributed by atoms with Gasteiger partial charge in [-0.3, -0.25) is 9.36 Å². The van der Waals surface area contributed by atoms with E-state index in [1.165, 1.54) is 28.0 Å². The Labute approximate surface area is 133 Å². The monoisotopic (exact) mass is 336 g/mol. The summed E-state index contributed by atoms with van der Waals surface area (Å²) in [5, 5.41) is 9.44. The van der Waals surface area contributed by atoms with Gasteiger partial charge in [-0.1, -0.05) is 6.92 Å². The highest BCUT2D eigenvalue weighted by atomic mass is 32.1. The van der Waals surface area contributed by atoms with Crippen LogP contribution in [-0.4, -0.2) is 20.6 Å². The first kappa shape index (κ1) is 14.7. The molecule has 3 rings (SSSR count). The lowest BCUT2D eigenvalue weighted by Gasteiger charge is -2.04. The van der Waals surface area contributed by atoms with E-state index in [0.29, 0.717) is 11.1 Å². The molecule has 0 bridgehead atoms. The number of aryl methyl sites for hydroxylation is 1. The van der Waals surface area contributed by atoms with E-state index in [9.17, 15) is 9.59 Å². The molecule has 0 unspecified atom stereocenters. The standard InChI is InChI=1S/C14H12N2O4S2/c1-2-8-5-9-11(22-8)15-14(21)16(12(9)17)6-7-3-4-10(20-7)13(18)19/h3-5H,2,6H2,1H3,(H,15,21)(H,18,19). The number of fused-ring (bicyclic) bond motifs is 1. The van der Waals surface area contributed by atoms with E-state index in [0.717, 1.165) is 16.1 Å². The summed E-state index contributed by atoms with van der Waals surface area (Å²) < 4.78 is 6.84. The van der Waals surface area contributed by atoms with Crippen LogP contribution in [0.4, 0.5) is 0 Å². The van der Waals surface area contributed by atoms with Crippen LogP contribution in [0.1, 0.15) is 28.1 Å². The fraction of sp³-hybridized carbons (Fsp3) is 0.214. The molecule has 3 aromatic rings. The zero-order chi connectivity index (χ0) is 15.9. The van der Waals surface area contributed by atoms with Gasteiger partial charge < -0.3 is 14.5 Å². The number of aromatic amines is 1. The van der Waals surface area contributed by atoms with Gasteiger partial charge in [0, 0.05) is 4.88 Å². The van der Waals surface area contributed by atoms with Gasteiger partial charge in [-0.15, -0.1) is 11.3 Å². The Morgan fingerprint density at radius 2 is 2.27 bits per heavy atom. The lowest BCUT2D eigenvalue weighted by atomic mass is 10.3. The number of hydrogen-bond donors (Lipinski definition) is 2. The Morgan fingerprint density at radius 3 is 2.91 bits per heavy atom. The van der Waals surface area contributed by atoms with Crippen LogP contribution in [0.3, 0.4) is 0 Å². The molecule has 22 heavy (non-hydrogen) atoms. The van der Waals surface area contributed by atoms with Crippen molar-refractivity contribution >= 4 is 39.7 Å². The van der Waals surface area contributed by atoms with E-state index in [1.807, 2.05) is 13.0 Å². The predicted molar refractivity (Wildman–Crippen MR) is 85.4 cm³/mol. The van der Waals surface area contributed by atoms with Crippen LogP contribution in [0.25, 0.3) is 10.2 Å². The molecule has 0 saturated carbocycles. The predicted octanol–water partition coefficient (Wildman–Crippen LogP) is 3.02. The fourth-order valence-electron chi connectivity index (χ4n) is 2.15. The molecule has 0 aliphatic heterocycles. The Hall–Kier alpha value is -2.19. The van der Waals surface area contributed by atoms with E-state index in [-0.39, 0.29) is 22.6 Å². The first-order valence-corrected chi connectivity index (χ1v) is 7.79. The van der Waals surface area contributed by atoms with Crippen LogP contribution in [-0.2, 0) is 13.0 Å². The topological polar surface area (TPSA) is 88.2 Å². The molecule has 0 aliphatic carbocycles. The molecule has 0 radical (unpaired) electrons. The second-order valence-corrected chi connectivity index (χ2v) is 6.23. The summed E-state index contributed by atoms with van der Waals surface area (Å²) in [5.41, 5.74) is -0.206. The minimum absolute atomic E-state index is 0.0920. The molecule has 6 nitrogen and oxygen atoms in total. The molecule has 0 spiro atoms. The molecule has 0 fully saturated rings. The molecular weight excluding hydrogens is 324 g/mol. The largest absolute Gasteiger partial charge is 0.475 e. The van der Waals surface area contributed by atoms with Gasteiger partial charge in [0.25, 0.3) is 5.56 Å². The van der Waals surface area contributed by atoms with Crippen molar-refractivity contribution in [2.45, 2.75) is 19.9 Å². The number of carboxylic acid groups (broad SMARTS) is 1. The molecular formula is C14H12N2O4S2. The second kappa shape index (κ2) is 5.54. The summed E-state index contributed by atoms with van der Waals surface area (Å²) in [5.74, 6) is -0.947. The van der Waals surface area contributed by atoms with Crippen molar-refractivity contribution in [2.75, 3.05) is 0 Å². The van der Waals surface area contributed by atoms with Gasteiger partial charge in [0.15, 0.2) is 4.77 Å². The SMILES string of the molecule is CCc1cc2c(=O)n(Cc3ccc(C(=O)O)o3)c(=S)[nH]c2s1. The van der Waals surface area contributed by atoms with E-state index in [4.69, 9.17) is 21.7 Å². The third kappa shape index (κ3) is 2.51. The van der Waals surface area contributed by atoms with Crippen LogP contribution < -0.4 is 5.56 Å². The van der Waals surface area contributed by atoms with Crippen LogP contribution >= 0.6 is 23.6 Å². The number of nitrogens with one attached hydrogen (secondary N) is 1. The van der Waals surface area contributed by atoms with E-state index < -0.39 is 5.97 Å². The number of hydrogen-bond acceptors (Lipinski definition) is 5. The fourth-order valence-corrected chi connectivity index (χ4v) is 3.45. The minimum Gasteiger partial charge on any atom is -0.475 e. The molecule has 0 aliphatic rings. The maximum absolute atomic E-state index is 12.5. The van der Waals surface area contributed by atoms with Gasteiger partial charge in [-0.25, -0.2) is 4.79 Å². The van der Waals surface area contributed by atoms with Crippen LogP contribution in [0.15, 0.2) is 27.4 Å². The highest BCUT2D eigenvalue weighted by Gasteiger charge is 2.13. The van der Waals surface area contributed by atoms with Crippen molar-refractivity contribution < 1.29 is 14.3 Å². The quantitative estimate of drug-likeness (QED) is 0.715. The van der Waals surface area contributed by atoms with Crippen molar-refractivity contribution in [2.24, 2.45) is 0 Å². The summed E-state index contributed by atoms with van der Waals surface area (Å²) >= 11 is 6.74. The highest BCUT2D eigenvalue weighted by Crippen LogP contribution is 2.21. The van der Waals surface area contributed by atoms with E-state index in [2.05, 4.69) is 4.98 Å². The van der Waals surface area contributed by atoms with E-state index >= 15 is 0 Å². The maximum atomic E-state index is 12.5. The Balaban J connectivity index is 2.08. The van der Waals surface area contributed by atoms with Crippen molar-refractivity contribution in [3.05, 3.63) is 49.7 Å². The first-order chi connectivity index (χ1) is 10.5. The number of rotatable bonds is 4. The summed E-state index contributed by atoms with van der Waals surface area (Å²) in [4.78, 5) is 28.3. The Kier molecular flexibility index (Phi) is 3.71. The third-order valence-corrected chi connectivity index (χ3v) is 4.78. The van der Waals surface area contributed by atoms with Crippen molar-refractivity contribution in [3.63, 3.8) is 0 Å². The van der Waals surface area contributed by atoms with Gasteiger partial charge in [0.05, 0.1) is 11.9 Å². The Bertz CT molecular complexity index is 977. The summed E-state index contributed by atoms with van der Waals surface area (Å²) in [6, 6.07) is 4.74. The van der Waals surface area contributed by atoms with Crippen LogP contribution in [0, 0.1) is 4.77 Å². The van der Waals surface area contributed by atoms with Crippen molar-refractivity contribution in [1.82, 2.24) is 9.55 Å². The third-order valence-electron chi connectivity index (χ3n) is 3.26. The van der Waals surface area contributed by atoms with Gasteiger partial charge in [-0.2, -0.15) is 0 Å². The molecule has 3 heterocycles. The van der Waals surface area contributed by atoms with Gasteiger partial charge >= 0.3 is 5.97 Å². The number of carboxylic acids is 1. The molecule has 3 aromatic heterocycles. The maximum Gasteiger partial charge on any atom is 0.371 e. The van der Waals surface area contributed by atoms with Crippen LogP contribution in [0.5, 0.6) is 0 Å². The molecule has 114 valence electrons. The number of furan rings is 1. The molecule has 0 aromatic carbocycles. The number of aromatic carboxylic acids is 1. The van der Waals surface area contributed by atoms with Crippen LogP contribution in [0.2, 0.25) is 0 Å². The minimum atomic E-state index is -1.15. The lowest BCUT2D eigenvalue weighted by Crippen LogP contribution is -2.21. The number of H-pyrrole nitrogens is 1. The average Bonchev–Trinajstić information content (AvgIpc) is 3.09. The second-order valence-electron chi connectivity index (χ2n) is 4.70. The summed E-state index contributed by atoms with van der Waals surface area (Å²) in [6.45, 7) is 2.11. The molecule has 0 atom stereocenters. The first-order valence-electron chi connectivity index (χ1n) is 6.57. The summed E-state index contributed by atoms with van der Waals surface area (Å²) in [6.07, 6.45) is 0.847. The smallest absolute Gasteiger partial charge is 0.371 e. The van der Waals surface area contributed by atoms with Crippen molar-refractivity contribution in [3.8, 4) is 0 Å². The number of nitrogens with zero attached hydrogens (tertiary/aromatic N) is 1. The zero-order valence-electron chi connectivity index (χ0n) is 11.6. The molecule has 0 amide bonds. The summed E-state index contributed by atoms with van der Waals surface area (Å²) in [7, 11) is 0. The number of aromatic nitrogens is 2. The average molecular weight is 336 g/mol. The number of carbonyl (C=O) groups is 1. The molecule has 0 saturated heterocycles. The van der Waals surface area contributed by atoms with E-state index in [1.54, 1.807) is 0 Å². The Morgan fingerprint density at radius 1 is 1.50 bits per heavy atom. The highest BCUT2D eigenvalue weighted by molar-refractivity contribution is 7.71. The zero-order valence-corrected chi connectivity index (χ0v) is 13.2. The molecule has 8 heteroatoms. The van der Waals surface area contributed by atoms with Gasteiger partial charge in [0.2, 0.25) is 5.76 Å².